The highest BCUT2D eigenvalue weighted by Crippen LogP contribution is 2.28. The molecule has 0 saturated heterocycles. The Hall–Kier alpha value is -1.07. The lowest BCUT2D eigenvalue weighted by Crippen LogP contribution is -2.36. The predicted molar refractivity (Wildman–Crippen MR) is 63.3 cm³/mol. The molecule has 3 N–H and O–H groups in total. The molecular formula is C13H18F3NO. The third kappa shape index (κ3) is 3.46. The molecule has 1 aromatic rings. The summed E-state index contributed by atoms with van der Waals surface area (Å²) in [6, 6.07) is 1.24. The largest absolute Gasteiger partial charge is 0.388 e. The lowest BCUT2D eigenvalue weighted by molar-refractivity contribution is 0.132. The van der Waals surface area contributed by atoms with Gasteiger partial charge in [0.1, 0.15) is 0 Å². The van der Waals surface area contributed by atoms with Gasteiger partial charge in [-0.1, -0.05) is 20.8 Å². The molecule has 102 valence electrons. The first-order chi connectivity index (χ1) is 8.12. The van der Waals surface area contributed by atoms with Gasteiger partial charge in [-0.2, -0.15) is 0 Å². The fourth-order valence-electron chi connectivity index (χ4n) is 1.50. The number of aliphatic hydroxyl groups is 1. The molecular weight excluding hydrogens is 243 g/mol. The Morgan fingerprint density at radius 1 is 1.17 bits per heavy atom. The summed E-state index contributed by atoms with van der Waals surface area (Å²) in [5.41, 5.74) is 5.63. The van der Waals surface area contributed by atoms with Crippen LogP contribution < -0.4 is 5.73 Å². The maximum atomic E-state index is 13.0. The van der Waals surface area contributed by atoms with Gasteiger partial charge in [0.05, 0.1) is 6.10 Å². The summed E-state index contributed by atoms with van der Waals surface area (Å²) in [5.74, 6) is -4.16. The predicted octanol–water partition coefficient (Wildman–Crippen LogP) is 2.90. The molecule has 0 spiro atoms. The summed E-state index contributed by atoms with van der Waals surface area (Å²) in [4.78, 5) is 0. The van der Waals surface area contributed by atoms with Crippen LogP contribution in [0.3, 0.4) is 0 Å². The third-order valence-corrected chi connectivity index (χ3v) is 2.98. The van der Waals surface area contributed by atoms with Crippen molar-refractivity contribution in [1.82, 2.24) is 0 Å². The Labute approximate surface area is 105 Å². The Morgan fingerprint density at radius 3 is 2.00 bits per heavy atom. The van der Waals surface area contributed by atoms with E-state index < -0.39 is 23.6 Å². The molecule has 0 saturated carbocycles. The average molecular weight is 261 g/mol. The first-order valence-corrected chi connectivity index (χ1v) is 5.71. The minimum absolute atomic E-state index is 0.00824. The van der Waals surface area contributed by atoms with E-state index in [1.165, 1.54) is 0 Å². The smallest absolute Gasteiger partial charge is 0.194 e. The van der Waals surface area contributed by atoms with Crippen LogP contribution in [0.5, 0.6) is 0 Å². The minimum Gasteiger partial charge on any atom is -0.388 e. The third-order valence-electron chi connectivity index (χ3n) is 2.98. The van der Waals surface area contributed by atoms with Gasteiger partial charge in [-0.05, 0) is 29.5 Å². The van der Waals surface area contributed by atoms with E-state index in [0.717, 1.165) is 12.1 Å². The van der Waals surface area contributed by atoms with E-state index in [4.69, 9.17) is 5.73 Å². The normalized spacial score (nSPS) is 15.6. The molecule has 0 amide bonds. The number of benzene rings is 1. The lowest BCUT2D eigenvalue weighted by Gasteiger charge is -2.29. The number of rotatable bonds is 3. The highest BCUT2D eigenvalue weighted by Gasteiger charge is 2.25. The molecule has 5 heteroatoms. The van der Waals surface area contributed by atoms with Gasteiger partial charge < -0.3 is 10.8 Å². The van der Waals surface area contributed by atoms with Crippen molar-refractivity contribution in [2.24, 2.45) is 11.1 Å². The summed E-state index contributed by atoms with van der Waals surface area (Å²) in [7, 11) is 0. The van der Waals surface area contributed by atoms with Crippen LogP contribution in [-0.2, 0) is 0 Å². The molecule has 0 radical (unpaired) electrons. The van der Waals surface area contributed by atoms with Gasteiger partial charge in [-0.25, -0.2) is 13.2 Å². The topological polar surface area (TPSA) is 46.2 Å². The first-order valence-electron chi connectivity index (χ1n) is 5.71. The Morgan fingerprint density at radius 2 is 1.61 bits per heavy atom. The molecule has 0 fully saturated rings. The van der Waals surface area contributed by atoms with Crippen LogP contribution in [0.4, 0.5) is 13.2 Å². The molecule has 0 aliphatic rings. The fourth-order valence-corrected chi connectivity index (χ4v) is 1.50. The highest BCUT2D eigenvalue weighted by atomic mass is 19.2. The van der Waals surface area contributed by atoms with Crippen molar-refractivity contribution >= 4 is 0 Å². The van der Waals surface area contributed by atoms with E-state index in [-0.39, 0.29) is 23.4 Å². The van der Waals surface area contributed by atoms with Crippen molar-refractivity contribution < 1.29 is 18.3 Å². The van der Waals surface area contributed by atoms with E-state index >= 15 is 0 Å². The van der Waals surface area contributed by atoms with Crippen LogP contribution >= 0.6 is 0 Å². The standard InChI is InChI=1S/C13H18F3NO/c1-13(2,3)11(17)6-10(18)7-4-8(14)12(16)9(15)5-7/h4-5,10-11,18H,6,17H2,1-3H3/t10-,11+/m1/s1. The average Bonchev–Trinajstić information content (AvgIpc) is 2.23. The summed E-state index contributed by atoms with van der Waals surface area (Å²) in [6.45, 7) is 5.70. The number of halogens is 3. The molecule has 1 aromatic carbocycles. The maximum absolute atomic E-state index is 13.0. The van der Waals surface area contributed by atoms with Crippen molar-refractivity contribution in [2.45, 2.75) is 39.3 Å². The van der Waals surface area contributed by atoms with Gasteiger partial charge in [-0.15, -0.1) is 0 Å². The van der Waals surface area contributed by atoms with E-state index in [0.29, 0.717) is 0 Å². The van der Waals surface area contributed by atoms with E-state index in [1.807, 2.05) is 20.8 Å². The van der Waals surface area contributed by atoms with Crippen LogP contribution in [0.15, 0.2) is 12.1 Å². The second-order valence-corrected chi connectivity index (χ2v) is 5.52. The molecule has 2 nitrogen and oxygen atoms in total. The van der Waals surface area contributed by atoms with Crippen molar-refractivity contribution in [1.29, 1.82) is 0 Å². The van der Waals surface area contributed by atoms with Crippen molar-refractivity contribution in [3.63, 3.8) is 0 Å². The molecule has 18 heavy (non-hydrogen) atoms. The van der Waals surface area contributed by atoms with Crippen LogP contribution in [0.25, 0.3) is 0 Å². The van der Waals surface area contributed by atoms with Crippen LogP contribution in [0.2, 0.25) is 0 Å². The minimum atomic E-state index is -1.54. The molecule has 1 rings (SSSR count). The monoisotopic (exact) mass is 261 g/mol. The number of nitrogens with two attached hydrogens (primary N) is 1. The van der Waals surface area contributed by atoms with Crippen molar-refractivity contribution in [2.75, 3.05) is 0 Å². The molecule has 2 atom stereocenters. The summed E-state index contributed by atoms with van der Waals surface area (Å²) in [5, 5.41) is 9.86. The van der Waals surface area contributed by atoms with Crippen molar-refractivity contribution in [3.8, 4) is 0 Å². The summed E-state index contributed by atoms with van der Waals surface area (Å²) < 4.78 is 38.8. The zero-order valence-electron chi connectivity index (χ0n) is 10.7. The van der Waals surface area contributed by atoms with Gasteiger partial charge in [0, 0.05) is 6.04 Å². The van der Waals surface area contributed by atoms with Gasteiger partial charge in [0.2, 0.25) is 0 Å². The van der Waals surface area contributed by atoms with E-state index in [2.05, 4.69) is 0 Å². The zero-order valence-corrected chi connectivity index (χ0v) is 10.7. The van der Waals surface area contributed by atoms with Crippen LogP contribution in [-0.4, -0.2) is 11.1 Å². The van der Waals surface area contributed by atoms with Gasteiger partial charge in [0.15, 0.2) is 17.5 Å². The molecule has 0 aliphatic heterocycles. The maximum Gasteiger partial charge on any atom is 0.194 e. The quantitative estimate of drug-likeness (QED) is 0.822. The number of hydrogen-bond acceptors (Lipinski definition) is 2. The second kappa shape index (κ2) is 5.28. The van der Waals surface area contributed by atoms with Gasteiger partial charge in [-0.3, -0.25) is 0 Å². The molecule has 0 aromatic heterocycles. The van der Waals surface area contributed by atoms with Crippen molar-refractivity contribution in [3.05, 3.63) is 35.1 Å². The highest BCUT2D eigenvalue weighted by molar-refractivity contribution is 5.21. The Balaban J connectivity index is 2.88. The SMILES string of the molecule is CC(C)(C)[C@@H](N)C[C@@H](O)c1cc(F)c(F)c(F)c1. The molecule has 0 aliphatic carbocycles. The van der Waals surface area contributed by atoms with Crippen LogP contribution in [0, 0.1) is 22.9 Å². The van der Waals surface area contributed by atoms with Crippen LogP contribution in [0.1, 0.15) is 38.9 Å². The van der Waals surface area contributed by atoms with Gasteiger partial charge >= 0.3 is 0 Å². The summed E-state index contributed by atoms with van der Waals surface area (Å²) >= 11 is 0. The molecule has 0 heterocycles. The van der Waals surface area contributed by atoms with E-state index in [9.17, 15) is 18.3 Å². The first kappa shape index (κ1) is 15.0. The number of hydrogen-bond donors (Lipinski definition) is 2. The lowest BCUT2D eigenvalue weighted by atomic mass is 9.83. The summed E-state index contributed by atoms with van der Waals surface area (Å²) in [6.07, 6.45) is -0.975. The number of aliphatic hydroxyl groups excluding tert-OH is 1. The Bertz CT molecular complexity index is 406. The second-order valence-electron chi connectivity index (χ2n) is 5.52. The molecule has 0 bridgehead atoms. The zero-order chi connectivity index (χ0) is 14.1. The fraction of sp³-hybridized carbons (Fsp3) is 0.538. The molecule has 0 unspecified atom stereocenters. The van der Waals surface area contributed by atoms with Gasteiger partial charge in [0.25, 0.3) is 0 Å². The Kier molecular flexibility index (Phi) is 4.40. The van der Waals surface area contributed by atoms with E-state index in [1.54, 1.807) is 0 Å².